The number of Topliss-reactive ketones (excluding diaryl/α,β-unsaturated/α-hetero) is 1. The lowest BCUT2D eigenvalue weighted by molar-refractivity contribution is -0.0000153. The van der Waals surface area contributed by atoms with Crippen LogP contribution < -0.4 is 12.4 Å². The van der Waals surface area contributed by atoms with E-state index in [1.807, 2.05) is 0 Å². The maximum Gasteiger partial charge on any atom is 0.169 e. The van der Waals surface area contributed by atoms with Gasteiger partial charge in [0.05, 0.1) is 18.8 Å². The SMILES string of the molecule is O=C(c1coc2ccc(O)c(CN3CCOCC3)c12)C1CC1.[Cl-]. The minimum atomic E-state index is 0. The monoisotopic (exact) mass is 336 g/mol. The van der Waals surface area contributed by atoms with E-state index in [1.54, 1.807) is 18.4 Å². The Hall–Kier alpha value is -1.56. The van der Waals surface area contributed by atoms with Crippen LogP contribution in [0.25, 0.3) is 11.0 Å². The van der Waals surface area contributed by atoms with Gasteiger partial charge in [-0.1, -0.05) is 0 Å². The molecule has 0 unspecified atom stereocenters. The predicted octanol–water partition coefficient (Wildman–Crippen LogP) is -0.433. The van der Waals surface area contributed by atoms with Gasteiger partial charge in [-0.2, -0.15) is 0 Å². The highest BCUT2D eigenvalue weighted by molar-refractivity contribution is 6.10. The molecule has 0 radical (unpaired) electrons. The van der Waals surface area contributed by atoms with Crippen LogP contribution >= 0.6 is 0 Å². The number of aromatic hydroxyl groups is 1. The highest BCUT2D eigenvalue weighted by Crippen LogP contribution is 2.38. The first kappa shape index (κ1) is 16.3. The van der Waals surface area contributed by atoms with Gasteiger partial charge in [-0.05, 0) is 25.0 Å². The largest absolute Gasteiger partial charge is 1.00 e. The first-order chi connectivity index (χ1) is 10.7. The molecule has 2 heterocycles. The van der Waals surface area contributed by atoms with Gasteiger partial charge in [0.2, 0.25) is 0 Å². The van der Waals surface area contributed by atoms with Gasteiger partial charge >= 0.3 is 0 Å². The number of fused-ring (bicyclic) bond motifs is 1. The third-order valence-corrected chi connectivity index (χ3v) is 4.52. The molecule has 1 aliphatic carbocycles. The summed E-state index contributed by atoms with van der Waals surface area (Å²) in [5.41, 5.74) is 2.08. The molecule has 1 saturated carbocycles. The first-order valence-electron chi connectivity index (χ1n) is 7.80. The summed E-state index contributed by atoms with van der Waals surface area (Å²) in [7, 11) is 0. The van der Waals surface area contributed by atoms with Crippen molar-refractivity contribution in [2.24, 2.45) is 5.92 Å². The van der Waals surface area contributed by atoms with Crippen LogP contribution in [0.1, 0.15) is 28.8 Å². The minimum absolute atomic E-state index is 0. The molecule has 2 aromatic rings. The van der Waals surface area contributed by atoms with Crippen molar-refractivity contribution < 1.29 is 31.5 Å². The summed E-state index contributed by atoms with van der Waals surface area (Å²) in [5, 5.41) is 11.1. The van der Waals surface area contributed by atoms with E-state index in [0.717, 1.165) is 36.9 Å². The summed E-state index contributed by atoms with van der Waals surface area (Å²) in [5.74, 6) is 0.511. The zero-order valence-corrected chi connectivity index (χ0v) is 13.5. The number of furan rings is 1. The zero-order valence-electron chi connectivity index (χ0n) is 12.8. The maximum atomic E-state index is 12.5. The Labute approximate surface area is 140 Å². The van der Waals surface area contributed by atoms with Gasteiger partial charge in [0, 0.05) is 36.5 Å². The van der Waals surface area contributed by atoms with Crippen LogP contribution in [0, 0.1) is 5.92 Å². The maximum absolute atomic E-state index is 12.5. The minimum Gasteiger partial charge on any atom is -1.00 e. The van der Waals surface area contributed by atoms with E-state index in [9.17, 15) is 9.90 Å². The predicted molar refractivity (Wildman–Crippen MR) is 81.0 cm³/mol. The van der Waals surface area contributed by atoms with E-state index in [2.05, 4.69) is 4.90 Å². The fraction of sp³-hybridized carbons (Fsp3) is 0.471. The molecule has 0 amide bonds. The van der Waals surface area contributed by atoms with E-state index < -0.39 is 0 Å². The standard InChI is InChI=1S/C17H19NO4.ClH/c19-14-3-4-15-16(12(14)9-18-5-7-21-8-6-18)13(10-22-15)17(20)11-1-2-11;/h3-4,10-11,19H,1-2,5-9H2;1H/p-1. The number of phenols is 1. The number of carbonyl (C=O) groups is 1. The Morgan fingerprint density at radius 2 is 2.00 bits per heavy atom. The Balaban J connectivity index is 0.00000156. The molecule has 124 valence electrons. The lowest BCUT2D eigenvalue weighted by Gasteiger charge is -2.27. The second-order valence-corrected chi connectivity index (χ2v) is 6.11. The number of hydrogen-bond donors (Lipinski definition) is 1. The van der Waals surface area contributed by atoms with E-state index in [1.165, 1.54) is 0 Å². The number of hydrogen-bond acceptors (Lipinski definition) is 5. The van der Waals surface area contributed by atoms with E-state index >= 15 is 0 Å². The van der Waals surface area contributed by atoms with Crippen molar-refractivity contribution in [1.29, 1.82) is 0 Å². The van der Waals surface area contributed by atoms with Crippen molar-refractivity contribution in [3.05, 3.63) is 29.5 Å². The van der Waals surface area contributed by atoms with Gasteiger partial charge in [-0.15, -0.1) is 0 Å². The van der Waals surface area contributed by atoms with Gasteiger partial charge in [-0.25, -0.2) is 0 Å². The number of nitrogens with zero attached hydrogens (tertiary/aromatic N) is 1. The molecule has 23 heavy (non-hydrogen) atoms. The number of ether oxygens (including phenoxy) is 1. The van der Waals surface area contributed by atoms with Gasteiger partial charge in [0.15, 0.2) is 5.78 Å². The normalized spacial score (nSPS) is 18.8. The van der Waals surface area contributed by atoms with Crippen molar-refractivity contribution in [2.75, 3.05) is 26.3 Å². The number of phenolic OH excluding ortho intramolecular Hbond substituents is 1. The Kier molecular flexibility index (Phi) is 4.62. The topological polar surface area (TPSA) is 62.9 Å². The molecule has 1 aromatic heterocycles. The molecule has 1 aliphatic heterocycles. The molecule has 2 fully saturated rings. The second kappa shape index (κ2) is 6.51. The summed E-state index contributed by atoms with van der Waals surface area (Å²) in [6.07, 6.45) is 3.47. The fourth-order valence-electron chi connectivity index (χ4n) is 3.08. The van der Waals surface area contributed by atoms with E-state index in [0.29, 0.717) is 30.9 Å². The van der Waals surface area contributed by atoms with Crippen LogP contribution in [0.3, 0.4) is 0 Å². The van der Waals surface area contributed by atoms with Crippen molar-refractivity contribution >= 4 is 16.8 Å². The number of ketones is 1. The summed E-state index contributed by atoms with van der Waals surface area (Å²) in [6.45, 7) is 3.68. The molecule has 5 nitrogen and oxygen atoms in total. The average molecular weight is 337 g/mol. The molecule has 2 aliphatic rings. The molecule has 6 heteroatoms. The summed E-state index contributed by atoms with van der Waals surface area (Å²) >= 11 is 0. The van der Waals surface area contributed by atoms with Crippen LogP contribution in [0.2, 0.25) is 0 Å². The molecular formula is C17H19ClNO4-. The Morgan fingerprint density at radius 3 is 2.70 bits per heavy atom. The number of carbonyl (C=O) groups excluding carboxylic acids is 1. The number of halogens is 1. The zero-order chi connectivity index (χ0) is 15.1. The highest BCUT2D eigenvalue weighted by Gasteiger charge is 2.33. The number of morpholine rings is 1. The van der Waals surface area contributed by atoms with Crippen LogP contribution in [-0.4, -0.2) is 42.1 Å². The van der Waals surface area contributed by atoms with Crippen LogP contribution in [0.15, 0.2) is 22.8 Å². The molecule has 0 bridgehead atoms. The molecule has 1 aromatic carbocycles. The second-order valence-electron chi connectivity index (χ2n) is 6.11. The number of benzene rings is 1. The number of rotatable bonds is 4. The van der Waals surface area contributed by atoms with Crippen molar-refractivity contribution in [1.82, 2.24) is 4.90 Å². The van der Waals surface area contributed by atoms with Crippen molar-refractivity contribution in [3.8, 4) is 5.75 Å². The molecule has 0 atom stereocenters. The Bertz CT molecular complexity index is 717. The van der Waals surface area contributed by atoms with Gasteiger partial charge in [0.1, 0.15) is 17.6 Å². The van der Waals surface area contributed by atoms with Crippen molar-refractivity contribution in [2.45, 2.75) is 19.4 Å². The smallest absolute Gasteiger partial charge is 0.169 e. The molecule has 4 rings (SSSR count). The summed E-state index contributed by atoms with van der Waals surface area (Å²) in [6, 6.07) is 3.38. The molecular weight excluding hydrogens is 318 g/mol. The first-order valence-corrected chi connectivity index (χ1v) is 7.80. The summed E-state index contributed by atoms with van der Waals surface area (Å²) in [4.78, 5) is 14.7. The van der Waals surface area contributed by atoms with Gasteiger partial charge in [-0.3, -0.25) is 9.69 Å². The van der Waals surface area contributed by atoms with Crippen LogP contribution in [-0.2, 0) is 11.3 Å². The quantitative estimate of drug-likeness (QED) is 0.768. The van der Waals surface area contributed by atoms with E-state index in [-0.39, 0.29) is 29.9 Å². The fourth-order valence-corrected chi connectivity index (χ4v) is 3.08. The third kappa shape index (κ3) is 3.09. The lowest BCUT2D eigenvalue weighted by Crippen LogP contribution is -3.00. The summed E-state index contributed by atoms with van der Waals surface area (Å²) < 4.78 is 10.9. The van der Waals surface area contributed by atoms with Crippen LogP contribution in [0.4, 0.5) is 0 Å². The highest BCUT2D eigenvalue weighted by atomic mass is 35.5. The lowest BCUT2D eigenvalue weighted by atomic mass is 10.00. The molecule has 1 saturated heterocycles. The van der Waals surface area contributed by atoms with E-state index in [4.69, 9.17) is 9.15 Å². The van der Waals surface area contributed by atoms with Gasteiger partial charge < -0.3 is 26.7 Å². The molecule has 1 N–H and O–H groups in total. The molecule has 0 spiro atoms. The Morgan fingerprint density at radius 1 is 1.26 bits per heavy atom. The van der Waals surface area contributed by atoms with Crippen molar-refractivity contribution in [3.63, 3.8) is 0 Å². The average Bonchev–Trinajstić information content (AvgIpc) is 3.30. The third-order valence-electron chi connectivity index (χ3n) is 4.52. The van der Waals surface area contributed by atoms with Gasteiger partial charge in [0.25, 0.3) is 0 Å². The van der Waals surface area contributed by atoms with Crippen LogP contribution in [0.5, 0.6) is 5.75 Å².